The molecular weight excluding hydrogens is 583 g/mol. The van der Waals surface area contributed by atoms with Crippen LogP contribution in [0.25, 0.3) is 0 Å². The molecular formula is C38H59F5O2. The summed E-state index contributed by atoms with van der Waals surface area (Å²) in [5.74, 6) is -2.15. The zero-order chi connectivity index (χ0) is 32.5. The van der Waals surface area contributed by atoms with Gasteiger partial charge in [0.15, 0.2) is 0 Å². The first kappa shape index (κ1) is 35.4. The molecule has 0 amide bonds. The highest BCUT2D eigenvalue weighted by molar-refractivity contribution is 5.20. The summed E-state index contributed by atoms with van der Waals surface area (Å²) in [7, 11) is 0. The molecule has 0 aromatic rings. The number of fused-ring (bicyclic) bond motifs is 1. The first-order valence-corrected chi connectivity index (χ1v) is 18.5. The standard InChI is InChI=1S/C38H59F5O2/c1-4-25-13-11-24(19-34(25)44)18-28-15-14-27(21-33(28)38(41,42)43)23(3)36(45)29-12-10-22(2)32(20-29)35-30-9-7-5-6-8-26(30)16-17-31(35)37(39)40/h9,22,24-29,31-37,44-45H,3-8,10-21H2,1-2H3. The molecule has 0 heterocycles. The van der Waals surface area contributed by atoms with Crippen LogP contribution in [-0.4, -0.2) is 35.0 Å². The molecule has 0 aromatic carbocycles. The van der Waals surface area contributed by atoms with Crippen molar-refractivity contribution in [3.63, 3.8) is 0 Å². The normalized spacial score (nSPS) is 42.4. The smallest absolute Gasteiger partial charge is 0.392 e. The largest absolute Gasteiger partial charge is 0.393 e. The van der Waals surface area contributed by atoms with Crippen LogP contribution in [-0.2, 0) is 0 Å². The van der Waals surface area contributed by atoms with Crippen LogP contribution in [0, 0.1) is 65.1 Å². The van der Waals surface area contributed by atoms with Gasteiger partial charge in [0, 0.05) is 5.92 Å². The van der Waals surface area contributed by atoms with Gasteiger partial charge in [-0.1, -0.05) is 51.3 Å². The molecule has 0 spiro atoms. The van der Waals surface area contributed by atoms with E-state index in [0.717, 1.165) is 64.2 Å². The van der Waals surface area contributed by atoms with Gasteiger partial charge >= 0.3 is 6.18 Å². The summed E-state index contributed by atoms with van der Waals surface area (Å²) in [6.07, 6.45) is 6.97. The van der Waals surface area contributed by atoms with Gasteiger partial charge in [0.25, 0.3) is 0 Å². The Morgan fingerprint density at radius 3 is 2.38 bits per heavy atom. The molecule has 5 rings (SSSR count). The fraction of sp³-hybridized carbons (Fsp3) is 0.895. The Kier molecular flexibility index (Phi) is 11.8. The van der Waals surface area contributed by atoms with E-state index in [1.807, 2.05) is 0 Å². The third-order valence-electron chi connectivity index (χ3n) is 13.6. The molecule has 13 unspecified atom stereocenters. The monoisotopic (exact) mass is 642 g/mol. The van der Waals surface area contributed by atoms with Crippen molar-refractivity contribution in [2.45, 2.75) is 148 Å². The lowest BCUT2D eigenvalue weighted by molar-refractivity contribution is -0.202. The first-order valence-electron chi connectivity index (χ1n) is 18.5. The molecule has 2 nitrogen and oxygen atoms in total. The van der Waals surface area contributed by atoms with Crippen molar-refractivity contribution in [1.82, 2.24) is 0 Å². The van der Waals surface area contributed by atoms with Crippen LogP contribution in [0.3, 0.4) is 0 Å². The van der Waals surface area contributed by atoms with Gasteiger partial charge in [-0.2, -0.15) is 13.2 Å². The molecule has 4 saturated carbocycles. The highest BCUT2D eigenvalue weighted by Gasteiger charge is 2.51. The molecule has 0 aliphatic heterocycles. The van der Waals surface area contributed by atoms with Gasteiger partial charge < -0.3 is 10.2 Å². The van der Waals surface area contributed by atoms with E-state index in [1.165, 1.54) is 5.57 Å². The highest BCUT2D eigenvalue weighted by atomic mass is 19.4. The lowest BCUT2D eigenvalue weighted by Gasteiger charge is -2.48. The highest BCUT2D eigenvalue weighted by Crippen LogP contribution is 2.55. The predicted octanol–water partition coefficient (Wildman–Crippen LogP) is 10.5. The van der Waals surface area contributed by atoms with E-state index in [-0.39, 0.29) is 47.8 Å². The number of aliphatic hydroxyl groups excluding tert-OH is 2. The number of aliphatic hydroxyl groups is 2. The van der Waals surface area contributed by atoms with Crippen molar-refractivity contribution in [2.75, 3.05) is 0 Å². The fourth-order valence-corrected chi connectivity index (χ4v) is 10.9. The van der Waals surface area contributed by atoms with Crippen molar-refractivity contribution in [2.24, 2.45) is 65.1 Å². The maximum absolute atomic E-state index is 14.5. The Morgan fingerprint density at radius 1 is 0.933 bits per heavy atom. The second kappa shape index (κ2) is 15.1. The third-order valence-corrected chi connectivity index (χ3v) is 13.6. The second-order valence-corrected chi connectivity index (χ2v) is 16.1. The molecule has 5 aliphatic carbocycles. The first-order chi connectivity index (χ1) is 21.4. The minimum absolute atomic E-state index is 0.0336. The Balaban J connectivity index is 1.26. The molecule has 258 valence electrons. The molecule has 4 fully saturated rings. The van der Waals surface area contributed by atoms with Crippen molar-refractivity contribution in [3.05, 3.63) is 23.8 Å². The van der Waals surface area contributed by atoms with E-state index in [9.17, 15) is 32.2 Å². The number of alkyl halides is 5. The quantitative estimate of drug-likeness (QED) is 0.204. The van der Waals surface area contributed by atoms with Crippen LogP contribution in [0.2, 0.25) is 0 Å². The molecule has 0 aromatic heterocycles. The molecule has 7 heteroatoms. The van der Waals surface area contributed by atoms with Crippen LogP contribution in [0.15, 0.2) is 23.8 Å². The van der Waals surface area contributed by atoms with Crippen LogP contribution < -0.4 is 0 Å². The second-order valence-electron chi connectivity index (χ2n) is 16.1. The van der Waals surface area contributed by atoms with E-state index in [2.05, 4.69) is 26.5 Å². The van der Waals surface area contributed by atoms with E-state index < -0.39 is 42.6 Å². The fourth-order valence-electron chi connectivity index (χ4n) is 10.9. The van der Waals surface area contributed by atoms with Gasteiger partial charge in [0.1, 0.15) is 0 Å². The van der Waals surface area contributed by atoms with Crippen LogP contribution in [0.5, 0.6) is 0 Å². The lowest BCUT2D eigenvalue weighted by Crippen LogP contribution is -2.43. The van der Waals surface area contributed by atoms with Gasteiger partial charge in [-0.15, -0.1) is 0 Å². The van der Waals surface area contributed by atoms with Gasteiger partial charge in [0.2, 0.25) is 6.43 Å². The molecule has 5 aliphatic rings. The van der Waals surface area contributed by atoms with E-state index in [1.54, 1.807) is 0 Å². The van der Waals surface area contributed by atoms with Gasteiger partial charge in [-0.25, -0.2) is 8.78 Å². The average molecular weight is 643 g/mol. The lowest BCUT2D eigenvalue weighted by atomic mass is 9.57. The van der Waals surface area contributed by atoms with Crippen molar-refractivity contribution < 1.29 is 32.2 Å². The number of hydrogen-bond donors (Lipinski definition) is 2. The Labute approximate surface area is 268 Å². The maximum Gasteiger partial charge on any atom is 0.392 e. The maximum atomic E-state index is 14.5. The van der Waals surface area contributed by atoms with Crippen LogP contribution >= 0.6 is 0 Å². The summed E-state index contributed by atoms with van der Waals surface area (Å²) in [6, 6.07) is 0. The minimum atomic E-state index is -4.31. The van der Waals surface area contributed by atoms with E-state index in [4.69, 9.17) is 0 Å². The summed E-state index contributed by atoms with van der Waals surface area (Å²) < 4.78 is 72.5. The summed E-state index contributed by atoms with van der Waals surface area (Å²) in [5.41, 5.74) is 1.78. The molecule has 0 radical (unpaired) electrons. The van der Waals surface area contributed by atoms with Gasteiger partial charge in [-0.05, 0) is 149 Å². The average Bonchev–Trinajstić information content (AvgIpc) is 3.26. The van der Waals surface area contributed by atoms with E-state index in [0.29, 0.717) is 50.0 Å². The zero-order valence-electron chi connectivity index (χ0n) is 27.7. The molecule has 0 bridgehead atoms. The molecule has 2 N–H and O–H groups in total. The Morgan fingerprint density at radius 2 is 1.69 bits per heavy atom. The van der Waals surface area contributed by atoms with Crippen molar-refractivity contribution in [3.8, 4) is 0 Å². The number of halogens is 5. The number of hydrogen-bond acceptors (Lipinski definition) is 2. The number of allylic oxidation sites excluding steroid dienone is 2. The third kappa shape index (κ3) is 8.03. The summed E-state index contributed by atoms with van der Waals surface area (Å²) in [5, 5.41) is 22.2. The number of rotatable bonds is 8. The van der Waals surface area contributed by atoms with Gasteiger partial charge in [-0.3, -0.25) is 0 Å². The minimum Gasteiger partial charge on any atom is -0.393 e. The summed E-state index contributed by atoms with van der Waals surface area (Å²) >= 11 is 0. The Bertz CT molecular complexity index is 1010. The van der Waals surface area contributed by atoms with E-state index >= 15 is 0 Å². The van der Waals surface area contributed by atoms with Crippen molar-refractivity contribution >= 4 is 0 Å². The van der Waals surface area contributed by atoms with Crippen LogP contribution in [0.4, 0.5) is 22.0 Å². The Hall–Kier alpha value is -0.950. The van der Waals surface area contributed by atoms with Crippen LogP contribution in [0.1, 0.15) is 123 Å². The zero-order valence-corrected chi connectivity index (χ0v) is 27.7. The summed E-state index contributed by atoms with van der Waals surface area (Å²) in [6.45, 7) is 8.47. The summed E-state index contributed by atoms with van der Waals surface area (Å²) in [4.78, 5) is 0. The SMILES string of the molecule is C=C(C1CCC(CC2CCC(CC)C(O)C2)C(C(F)(F)F)C1)C(O)C1CCC(C)C(C2C3=CCCCCC3CCC2C(F)F)C1. The van der Waals surface area contributed by atoms with Crippen molar-refractivity contribution in [1.29, 1.82) is 0 Å². The van der Waals surface area contributed by atoms with Gasteiger partial charge in [0.05, 0.1) is 18.1 Å². The topological polar surface area (TPSA) is 40.5 Å². The predicted molar refractivity (Wildman–Crippen MR) is 170 cm³/mol. The molecule has 45 heavy (non-hydrogen) atoms. The molecule has 0 saturated heterocycles. The molecule has 13 atom stereocenters.